The fraction of sp³-hybridized carbons (Fsp3) is 0.500. The molecule has 6 heteroatoms. The Labute approximate surface area is 67.3 Å². The molecule has 1 aliphatic rings. The SMILES string of the molecule is O=C1C(O)=C(O)[C@H](O)O[C@@H]1CO. The predicted octanol–water partition coefficient (Wildman–Crippen LogP) is -1.41. The van der Waals surface area contributed by atoms with Crippen LogP contribution in [0.4, 0.5) is 0 Å². The van der Waals surface area contributed by atoms with Crippen LogP contribution in [0.15, 0.2) is 11.5 Å². The molecule has 0 aliphatic carbocycles. The smallest absolute Gasteiger partial charge is 0.232 e. The van der Waals surface area contributed by atoms with Crippen molar-refractivity contribution in [3.8, 4) is 0 Å². The van der Waals surface area contributed by atoms with Crippen molar-refractivity contribution in [2.75, 3.05) is 6.61 Å². The van der Waals surface area contributed by atoms with Gasteiger partial charge in [-0.05, 0) is 0 Å². The normalized spacial score (nSPS) is 31.0. The molecule has 0 aromatic carbocycles. The highest BCUT2D eigenvalue weighted by Gasteiger charge is 2.35. The van der Waals surface area contributed by atoms with E-state index in [-0.39, 0.29) is 0 Å². The quantitative estimate of drug-likeness (QED) is 0.391. The first-order chi connectivity index (χ1) is 5.57. The van der Waals surface area contributed by atoms with Gasteiger partial charge in [-0.25, -0.2) is 0 Å². The summed E-state index contributed by atoms with van der Waals surface area (Å²) in [6, 6.07) is 0. The van der Waals surface area contributed by atoms with E-state index in [0.717, 1.165) is 0 Å². The van der Waals surface area contributed by atoms with Crippen molar-refractivity contribution in [3.63, 3.8) is 0 Å². The maximum Gasteiger partial charge on any atom is 0.232 e. The molecular weight excluding hydrogens is 168 g/mol. The van der Waals surface area contributed by atoms with Gasteiger partial charge in [-0.2, -0.15) is 0 Å². The predicted molar refractivity (Wildman–Crippen MR) is 35.3 cm³/mol. The highest BCUT2D eigenvalue weighted by molar-refractivity contribution is 5.97. The van der Waals surface area contributed by atoms with Gasteiger partial charge >= 0.3 is 0 Å². The number of aliphatic hydroxyl groups excluding tert-OH is 4. The van der Waals surface area contributed by atoms with Crippen LogP contribution in [0.2, 0.25) is 0 Å². The van der Waals surface area contributed by atoms with Gasteiger partial charge in [0, 0.05) is 0 Å². The molecule has 0 spiro atoms. The molecule has 0 aromatic heterocycles. The van der Waals surface area contributed by atoms with Crippen molar-refractivity contribution >= 4 is 5.78 Å². The Balaban J connectivity index is 2.93. The second-order valence-corrected chi connectivity index (χ2v) is 2.26. The van der Waals surface area contributed by atoms with Gasteiger partial charge in [0.2, 0.25) is 17.8 Å². The largest absolute Gasteiger partial charge is 0.504 e. The average Bonchev–Trinajstić information content (AvgIpc) is 2.08. The summed E-state index contributed by atoms with van der Waals surface area (Å²) in [7, 11) is 0. The lowest BCUT2D eigenvalue weighted by atomic mass is 10.1. The molecular formula is C6H8O6. The molecule has 1 aliphatic heterocycles. The van der Waals surface area contributed by atoms with Gasteiger partial charge in [-0.15, -0.1) is 0 Å². The standard InChI is InChI=1S/C6H8O6/c7-1-2-3(8)4(9)5(10)6(11)12-2/h2,6-7,9-11H,1H2/t2-,6-/m1/s1. The van der Waals surface area contributed by atoms with E-state index in [4.69, 9.17) is 20.4 Å². The molecule has 0 fully saturated rings. The minimum atomic E-state index is -1.75. The fourth-order valence-electron chi connectivity index (χ4n) is 0.803. The summed E-state index contributed by atoms with van der Waals surface area (Å²) < 4.78 is 4.42. The number of ketones is 1. The van der Waals surface area contributed by atoms with Crippen LogP contribution in [0.25, 0.3) is 0 Å². The third-order valence-electron chi connectivity index (χ3n) is 1.46. The van der Waals surface area contributed by atoms with Crippen LogP contribution in [0.5, 0.6) is 0 Å². The van der Waals surface area contributed by atoms with Crippen LogP contribution in [0, 0.1) is 0 Å². The molecule has 0 saturated carbocycles. The van der Waals surface area contributed by atoms with Crippen LogP contribution >= 0.6 is 0 Å². The molecule has 68 valence electrons. The third-order valence-corrected chi connectivity index (χ3v) is 1.46. The van der Waals surface area contributed by atoms with Crippen LogP contribution < -0.4 is 0 Å². The molecule has 1 rings (SSSR count). The van der Waals surface area contributed by atoms with Crippen molar-refractivity contribution in [2.45, 2.75) is 12.4 Å². The number of ether oxygens (including phenoxy) is 1. The second-order valence-electron chi connectivity index (χ2n) is 2.26. The molecule has 12 heavy (non-hydrogen) atoms. The number of carbonyl (C=O) groups excluding carboxylic acids is 1. The van der Waals surface area contributed by atoms with Gasteiger partial charge in [-0.1, -0.05) is 0 Å². The van der Waals surface area contributed by atoms with Crippen LogP contribution in [0.1, 0.15) is 0 Å². The van der Waals surface area contributed by atoms with Gasteiger partial charge in [0.1, 0.15) is 0 Å². The molecule has 6 nitrogen and oxygen atoms in total. The van der Waals surface area contributed by atoms with Crippen molar-refractivity contribution in [1.82, 2.24) is 0 Å². The Morgan fingerprint density at radius 3 is 2.50 bits per heavy atom. The van der Waals surface area contributed by atoms with E-state index in [1.165, 1.54) is 0 Å². The summed E-state index contributed by atoms with van der Waals surface area (Å²) in [6.07, 6.45) is -3.06. The molecule has 2 atom stereocenters. The van der Waals surface area contributed by atoms with Gasteiger partial charge in [0.05, 0.1) is 6.61 Å². The van der Waals surface area contributed by atoms with E-state index in [9.17, 15) is 4.79 Å². The van der Waals surface area contributed by atoms with E-state index >= 15 is 0 Å². The number of hydrogen-bond donors (Lipinski definition) is 4. The van der Waals surface area contributed by atoms with E-state index in [1.54, 1.807) is 0 Å². The molecule has 1 heterocycles. The first kappa shape index (κ1) is 8.98. The van der Waals surface area contributed by atoms with Gasteiger partial charge in [0.15, 0.2) is 11.9 Å². The van der Waals surface area contributed by atoms with Crippen LogP contribution in [0.3, 0.4) is 0 Å². The summed E-state index contributed by atoms with van der Waals surface area (Å²) >= 11 is 0. The van der Waals surface area contributed by atoms with E-state index in [1.807, 2.05) is 0 Å². The summed E-state index contributed by atoms with van der Waals surface area (Å²) in [5.74, 6) is -2.84. The van der Waals surface area contributed by atoms with Crippen molar-refractivity contribution in [1.29, 1.82) is 0 Å². The number of hydrogen-bond acceptors (Lipinski definition) is 6. The lowest BCUT2D eigenvalue weighted by Gasteiger charge is -2.23. The zero-order chi connectivity index (χ0) is 9.30. The third kappa shape index (κ3) is 1.27. The number of Topliss-reactive ketones (excluding diaryl/α,β-unsaturated/α-hetero) is 1. The van der Waals surface area contributed by atoms with Gasteiger partial charge in [-0.3, -0.25) is 4.79 Å². The minimum absolute atomic E-state index is 0.659. The number of carbonyl (C=O) groups is 1. The van der Waals surface area contributed by atoms with E-state index in [0.29, 0.717) is 0 Å². The van der Waals surface area contributed by atoms with Crippen molar-refractivity contribution in [2.24, 2.45) is 0 Å². The van der Waals surface area contributed by atoms with Crippen molar-refractivity contribution in [3.05, 3.63) is 11.5 Å². The van der Waals surface area contributed by atoms with Gasteiger partial charge < -0.3 is 25.2 Å². The maximum absolute atomic E-state index is 10.8. The van der Waals surface area contributed by atoms with E-state index in [2.05, 4.69) is 4.74 Å². The molecule has 0 amide bonds. The van der Waals surface area contributed by atoms with Gasteiger partial charge in [0.25, 0.3) is 0 Å². The summed E-state index contributed by atoms with van der Waals surface area (Å²) in [5, 5.41) is 35.0. The Hall–Kier alpha value is -1.11. The maximum atomic E-state index is 10.8. The minimum Gasteiger partial charge on any atom is -0.504 e. The molecule has 4 N–H and O–H groups in total. The lowest BCUT2D eigenvalue weighted by Crippen LogP contribution is -2.40. The Morgan fingerprint density at radius 1 is 1.42 bits per heavy atom. The first-order valence-electron chi connectivity index (χ1n) is 3.18. The first-order valence-corrected chi connectivity index (χ1v) is 3.18. The number of aliphatic hydroxyl groups is 4. The Bertz CT molecular complexity index is 232. The lowest BCUT2D eigenvalue weighted by molar-refractivity contribution is -0.171. The summed E-state index contributed by atoms with van der Waals surface area (Å²) in [5.41, 5.74) is 0. The Kier molecular flexibility index (Phi) is 2.32. The zero-order valence-electron chi connectivity index (χ0n) is 5.97. The average molecular weight is 176 g/mol. The highest BCUT2D eigenvalue weighted by Crippen LogP contribution is 2.17. The molecule has 0 aromatic rings. The highest BCUT2D eigenvalue weighted by atomic mass is 16.6. The van der Waals surface area contributed by atoms with E-state index < -0.39 is 36.3 Å². The molecule has 0 unspecified atom stereocenters. The number of rotatable bonds is 1. The Morgan fingerprint density at radius 2 is 2.00 bits per heavy atom. The fourth-order valence-corrected chi connectivity index (χ4v) is 0.803. The summed E-state index contributed by atoms with van der Waals surface area (Å²) in [4.78, 5) is 10.8. The summed E-state index contributed by atoms with van der Waals surface area (Å²) in [6.45, 7) is -0.659. The topological polar surface area (TPSA) is 107 Å². The molecule has 0 bridgehead atoms. The zero-order valence-corrected chi connectivity index (χ0v) is 5.97. The van der Waals surface area contributed by atoms with Crippen molar-refractivity contribution < 1.29 is 30.0 Å². The molecule has 0 radical (unpaired) electrons. The van der Waals surface area contributed by atoms with Crippen LogP contribution in [-0.4, -0.2) is 45.2 Å². The second kappa shape index (κ2) is 3.10. The molecule has 0 saturated heterocycles. The van der Waals surface area contributed by atoms with Crippen LogP contribution in [-0.2, 0) is 9.53 Å². The monoisotopic (exact) mass is 176 g/mol.